The monoisotopic (exact) mass is 273 g/mol. The Bertz CT molecular complexity index is 422. The predicted molar refractivity (Wildman–Crippen MR) is 82.6 cm³/mol. The van der Waals surface area contributed by atoms with Gasteiger partial charge in [-0.05, 0) is 50.6 Å². The molecular weight excluding hydrogens is 246 g/mol. The predicted octanol–water partition coefficient (Wildman–Crippen LogP) is 3.55. The van der Waals surface area contributed by atoms with Gasteiger partial charge in [-0.25, -0.2) is 0 Å². The number of nitrogens with zero attached hydrogens (tertiary/aromatic N) is 1. The molecule has 1 aromatic rings. The lowest BCUT2D eigenvalue weighted by Gasteiger charge is -2.35. The summed E-state index contributed by atoms with van der Waals surface area (Å²) in [6.07, 6.45) is 8.24. The summed E-state index contributed by atoms with van der Waals surface area (Å²) in [5, 5.41) is 10.9. The van der Waals surface area contributed by atoms with Gasteiger partial charge in [-0.2, -0.15) is 0 Å². The van der Waals surface area contributed by atoms with Crippen LogP contribution in [0, 0.1) is 5.92 Å². The average Bonchev–Trinajstić information content (AvgIpc) is 3.10. The fraction of sp³-hybridized carbons (Fsp3) is 0.667. The molecule has 2 aliphatic rings. The highest BCUT2D eigenvalue weighted by atomic mass is 16.3. The van der Waals surface area contributed by atoms with Gasteiger partial charge in [-0.3, -0.25) is 4.90 Å². The molecule has 2 unspecified atom stereocenters. The Kier molecular flexibility index (Phi) is 4.13. The van der Waals surface area contributed by atoms with Gasteiger partial charge in [-0.15, -0.1) is 0 Å². The van der Waals surface area contributed by atoms with Gasteiger partial charge >= 0.3 is 0 Å². The lowest BCUT2D eigenvalue weighted by molar-refractivity contribution is 0.00483. The highest BCUT2D eigenvalue weighted by Gasteiger charge is 2.37. The Morgan fingerprint density at radius 2 is 1.80 bits per heavy atom. The van der Waals surface area contributed by atoms with Gasteiger partial charge in [0.1, 0.15) is 0 Å². The summed E-state index contributed by atoms with van der Waals surface area (Å²) < 4.78 is 0. The van der Waals surface area contributed by atoms with E-state index >= 15 is 0 Å². The van der Waals surface area contributed by atoms with Crippen LogP contribution in [-0.2, 0) is 5.60 Å². The molecule has 1 heterocycles. The number of likely N-dealkylation sites (tertiary alicyclic amines) is 1. The van der Waals surface area contributed by atoms with Gasteiger partial charge in [0, 0.05) is 12.6 Å². The van der Waals surface area contributed by atoms with Crippen LogP contribution < -0.4 is 0 Å². The largest absolute Gasteiger partial charge is 0.384 e. The lowest BCUT2D eigenvalue weighted by atomic mass is 9.92. The van der Waals surface area contributed by atoms with E-state index < -0.39 is 5.60 Å². The first kappa shape index (κ1) is 14.1. The zero-order chi connectivity index (χ0) is 14.0. The number of β-amino-alcohol motifs (C(OH)–C–C–N with tert-alkyl or cyclic N) is 1. The smallest absolute Gasteiger partial charge is 0.0994 e. The lowest BCUT2D eigenvalue weighted by Crippen LogP contribution is -2.43. The van der Waals surface area contributed by atoms with E-state index in [9.17, 15) is 5.11 Å². The van der Waals surface area contributed by atoms with Gasteiger partial charge in [0.05, 0.1) is 5.60 Å². The Morgan fingerprint density at radius 1 is 1.10 bits per heavy atom. The van der Waals surface area contributed by atoms with Gasteiger partial charge in [0.15, 0.2) is 0 Å². The molecule has 2 atom stereocenters. The van der Waals surface area contributed by atoms with Crippen molar-refractivity contribution >= 4 is 0 Å². The van der Waals surface area contributed by atoms with Crippen LogP contribution in [0.15, 0.2) is 30.3 Å². The van der Waals surface area contributed by atoms with Crippen molar-refractivity contribution in [1.29, 1.82) is 0 Å². The molecule has 110 valence electrons. The maximum atomic E-state index is 10.9. The van der Waals surface area contributed by atoms with Crippen LogP contribution in [0.5, 0.6) is 0 Å². The molecule has 2 nitrogen and oxygen atoms in total. The number of benzene rings is 1. The van der Waals surface area contributed by atoms with E-state index in [0.29, 0.717) is 6.04 Å². The normalized spacial score (nSPS) is 27.8. The molecule has 1 N–H and O–H groups in total. The van der Waals surface area contributed by atoms with Crippen LogP contribution in [-0.4, -0.2) is 29.1 Å². The van der Waals surface area contributed by atoms with Gasteiger partial charge in [0.25, 0.3) is 0 Å². The second-order valence-corrected chi connectivity index (χ2v) is 6.86. The Morgan fingerprint density at radius 3 is 2.50 bits per heavy atom. The van der Waals surface area contributed by atoms with Crippen LogP contribution >= 0.6 is 0 Å². The first-order valence-electron chi connectivity index (χ1n) is 8.19. The third-order valence-electron chi connectivity index (χ3n) is 5.26. The van der Waals surface area contributed by atoms with Crippen LogP contribution in [0.3, 0.4) is 0 Å². The van der Waals surface area contributed by atoms with Crippen molar-refractivity contribution in [1.82, 2.24) is 4.90 Å². The first-order chi connectivity index (χ1) is 9.67. The zero-order valence-corrected chi connectivity index (χ0v) is 12.6. The Hall–Kier alpha value is -0.860. The summed E-state index contributed by atoms with van der Waals surface area (Å²) in [6, 6.07) is 10.8. The van der Waals surface area contributed by atoms with Crippen LogP contribution in [0.25, 0.3) is 0 Å². The SMILES string of the molecule is CC(O)(CN1CCCC1C1CCCC1)c1ccccc1. The number of aliphatic hydroxyl groups is 1. The van der Waals surface area contributed by atoms with Crippen molar-refractivity contribution in [2.45, 2.75) is 57.1 Å². The minimum Gasteiger partial charge on any atom is -0.384 e. The van der Waals surface area contributed by atoms with E-state index in [1.165, 1.54) is 38.5 Å². The molecule has 0 aromatic heterocycles. The summed E-state index contributed by atoms with van der Waals surface area (Å²) in [5.74, 6) is 0.879. The van der Waals surface area contributed by atoms with E-state index in [-0.39, 0.29) is 0 Å². The summed E-state index contributed by atoms with van der Waals surface area (Å²) >= 11 is 0. The minimum atomic E-state index is -0.734. The van der Waals surface area contributed by atoms with Crippen molar-refractivity contribution in [3.05, 3.63) is 35.9 Å². The maximum Gasteiger partial charge on any atom is 0.0994 e. The third-order valence-corrected chi connectivity index (χ3v) is 5.26. The maximum absolute atomic E-state index is 10.9. The van der Waals surface area contributed by atoms with Crippen molar-refractivity contribution in [3.8, 4) is 0 Å². The van der Waals surface area contributed by atoms with Crippen molar-refractivity contribution in [2.24, 2.45) is 5.92 Å². The van der Waals surface area contributed by atoms with Gasteiger partial charge in [-0.1, -0.05) is 43.2 Å². The first-order valence-corrected chi connectivity index (χ1v) is 8.19. The minimum absolute atomic E-state index is 0.715. The number of hydrogen-bond acceptors (Lipinski definition) is 2. The molecule has 1 aliphatic heterocycles. The summed E-state index contributed by atoms with van der Waals surface area (Å²) in [7, 11) is 0. The van der Waals surface area contributed by atoms with Crippen molar-refractivity contribution in [2.75, 3.05) is 13.1 Å². The molecular formula is C18H27NO. The zero-order valence-electron chi connectivity index (χ0n) is 12.6. The molecule has 1 aliphatic carbocycles. The quantitative estimate of drug-likeness (QED) is 0.907. The third kappa shape index (κ3) is 2.91. The molecule has 0 amide bonds. The van der Waals surface area contributed by atoms with E-state index in [0.717, 1.165) is 24.6 Å². The molecule has 0 bridgehead atoms. The number of hydrogen-bond donors (Lipinski definition) is 1. The van der Waals surface area contributed by atoms with Crippen molar-refractivity contribution in [3.63, 3.8) is 0 Å². The second-order valence-electron chi connectivity index (χ2n) is 6.86. The molecule has 1 saturated carbocycles. The molecule has 20 heavy (non-hydrogen) atoms. The fourth-order valence-corrected chi connectivity index (χ4v) is 4.21. The molecule has 0 radical (unpaired) electrons. The fourth-order valence-electron chi connectivity index (χ4n) is 4.21. The summed E-state index contributed by atoms with van der Waals surface area (Å²) in [4.78, 5) is 2.56. The highest BCUT2D eigenvalue weighted by molar-refractivity contribution is 5.22. The van der Waals surface area contributed by atoms with Gasteiger partial charge in [0.2, 0.25) is 0 Å². The van der Waals surface area contributed by atoms with E-state index in [1.54, 1.807) is 0 Å². The van der Waals surface area contributed by atoms with E-state index in [1.807, 2.05) is 37.3 Å². The van der Waals surface area contributed by atoms with Crippen LogP contribution in [0.1, 0.15) is 51.0 Å². The molecule has 1 saturated heterocycles. The summed E-state index contributed by atoms with van der Waals surface area (Å²) in [5.41, 5.74) is 0.305. The Labute approximate surface area is 122 Å². The highest BCUT2D eigenvalue weighted by Crippen LogP contribution is 2.36. The van der Waals surface area contributed by atoms with Gasteiger partial charge < -0.3 is 5.11 Å². The van der Waals surface area contributed by atoms with E-state index in [4.69, 9.17) is 0 Å². The average molecular weight is 273 g/mol. The molecule has 3 rings (SSSR count). The van der Waals surface area contributed by atoms with Crippen molar-refractivity contribution < 1.29 is 5.11 Å². The topological polar surface area (TPSA) is 23.5 Å². The molecule has 1 aromatic carbocycles. The number of rotatable bonds is 4. The van der Waals surface area contributed by atoms with Crippen LogP contribution in [0.2, 0.25) is 0 Å². The molecule has 0 spiro atoms. The summed E-state index contributed by atoms with van der Waals surface area (Å²) in [6.45, 7) is 3.90. The molecule has 2 fully saturated rings. The Balaban J connectivity index is 1.69. The second kappa shape index (κ2) is 5.87. The van der Waals surface area contributed by atoms with E-state index in [2.05, 4.69) is 4.90 Å². The van der Waals surface area contributed by atoms with Crippen LogP contribution in [0.4, 0.5) is 0 Å². The molecule has 2 heteroatoms. The standard InChI is InChI=1S/C18H27NO/c1-18(20,16-10-3-2-4-11-16)14-19-13-7-12-17(19)15-8-5-6-9-15/h2-4,10-11,15,17,20H,5-9,12-14H2,1H3.